The average Bonchev–Trinajstić information content (AvgIpc) is 3.16. The van der Waals surface area contributed by atoms with Crippen molar-refractivity contribution in [3.05, 3.63) is 142 Å². The van der Waals surface area contributed by atoms with Gasteiger partial charge in [-0.25, -0.2) is 38.4 Å². The number of carbonyl (C=O) groups excluding carboxylic acids is 4. The summed E-state index contributed by atoms with van der Waals surface area (Å²) in [7, 11) is 0. The van der Waals surface area contributed by atoms with Gasteiger partial charge < -0.3 is 39.4 Å². The lowest BCUT2D eigenvalue weighted by Crippen LogP contribution is -2.44. The lowest BCUT2D eigenvalue weighted by molar-refractivity contribution is -0.0642. The second-order valence-electron chi connectivity index (χ2n) is 11.3. The minimum atomic E-state index is -1.85. The fourth-order valence-electron chi connectivity index (χ4n) is 4.45. The molecule has 0 saturated carbocycles. The summed E-state index contributed by atoms with van der Waals surface area (Å²) < 4.78 is 21.9. The Hall–Kier alpha value is -7.36. The van der Waals surface area contributed by atoms with Crippen molar-refractivity contribution in [1.82, 2.24) is 0 Å². The molecule has 0 aromatic heterocycles. The number of benzene rings is 4. The van der Waals surface area contributed by atoms with Crippen LogP contribution in [0.2, 0.25) is 0 Å². The van der Waals surface area contributed by atoms with E-state index in [1.165, 1.54) is 48.5 Å². The van der Waals surface area contributed by atoms with Gasteiger partial charge in [-0.15, -0.1) is 0 Å². The molecule has 0 amide bonds. The highest BCUT2D eigenvalue weighted by atomic mass is 16.6. The van der Waals surface area contributed by atoms with Crippen molar-refractivity contribution in [1.29, 1.82) is 0 Å². The monoisotopic (exact) mass is 728 g/mol. The van der Waals surface area contributed by atoms with Crippen LogP contribution in [0, 0.1) is 5.41 Å². The highest BCUT2D eigenvalue weighted by Crippen LogP contribution is 2.25. The fourth-order valence-corrected chi connectivity index (χ4v) is 4.45. The Bertz CT molecular complexity index is 1730. The molecule has 0 heterocycles. The number of rotatable bonds is 16. The summed E-state index contributed by atoms with van der Waals surface area (Å²) >= 11 is 0. The van der Waals surface area contributed by atoms with E-state index in [0.29, 0.717) is 0 Å². The van der Waals surface area contributed by atoms with Crippen LogP contribution in [0.1, 0.15) is 82.9 Å². The first-order chi connectivity index (χ1) is 25.2. The number of esters is 4. The smallest absolute Gasteiger partial charge is 0.338 e. The van der Waals surface area contributed by atoms with Crippen molar-refractivity contribution in [2.75, 3.05) is 26.4 Å². The van der Waals surface area contributed by atoms with E-state index in [-0.39, 0.29) is 44.5 Å². The second-order valence-corrected chi connectivity index (χ2v) is 11.3. The van der Waals surface area contributed by atoms with Gasteiger partial charge in [-0.05, 0) is 97.1 Å². The largest absolute Gasteiger partial charge is 0.478 e. The Balaban J connectivity index is 1.65. The predicted molar refractivity (Wildman–Crippen MR) is 177 cm³/mol. The molecule has 4 N–H and O–H groups in total. The molecule has 53 heavy (non-hydrogen) atoms. The van der Waals surface area contributed by atoms with Gasteiger partial charge in [0, 0.05) is 0 Å². The standard InChI is InChI=1S/C37H28O16/c38-29(39)21-1-9-25(10-2-21)33(46)50-17-37(18-51-34(47)26-11-3-22(4-12-26)30(40)41,19-52-35(48)27-13-5-23(6-14-27)31(42)43)20-53-36(49)28-15-7-24(8-16-28)32(44)45/h1-16H,17-20H2,(H,38,39)(H,40,41)(H,42,43)(H,44,45). The normalized spacial score (nSPS) is 10.7. The molecule has 0 atom stereocenters. The Labute approximate surface area is 298 Å². The highest BCUT2D eigenvalue weighted by Gasteiger charge is 2.38. The maximum absolute atomic E-state index is 13.1. The van der Waals surface area contributed by atoms with E-state index in [1.807, 2.05) is 0 Å². The molecular weight excluding hydrogens is 700 g/mol. The molecule has 0 aliphatic heterocycles. The summed E-state index contributed by atoms with van der Waals surface area (Å²) in [6.45, 7) is -2.97. The summed E-state index contributed by atoms with van der Waals surface area (Å²) in [5.41, 5.74) is -2.69. The third-order valence-electron chi connectivity index (χ3n) is 7.51. The lowest BCUT2D eigenvalue weighted by Gasteiger charge is -2.31. The van der Waals surface area contributed by atoms with Crippen LogP contribution in [-0.4, -0.2) is 94.6 Å². The Kier molecular flexibility index (Phi) is 12.4. The molecule has 4 rings (SSSR count). The van der Waals surface area contributed by atoms with Gasteiger partial charge in [0.1, 0.15) is 31.8 Å². The second kappa shape index (κ2) is 17.0. The third kappa shape index (κ3) is 10.3. The number of carboxylic acids is 4. The molecule has 0 radical (unpaired) electrons. The fraction of sp³-hybridized carbons (Fsp3) is 0.135. The number of carboxylic acid groups (broad SMARTS) is 4. The number of hydrogen-bond acceptors (Lipinski definition) is 12. The van der Waals surface area contributed by atoms with Gasteiger partial charge >= 0.3 is 47.8 Å². The van der Waals surface area contributed by atoms with Gasteiger partial charge in [0.15, 0.2) is 0 Å². The molecule has 0 aliphatic rings. The number of carbonyl (C=O) groups is 8. The molecule has 0 aliphatic carbocycles. The van der Waals surface area contributed by atoms with Crippen LogP contribution in [0.25, 0.3) is 0 Å². The molecule has 4 aromatic rings. The molecule has 4 aromatic carbocycles. The van der Waals surface area contributed by atoms with E-state index in [9.17, 15) is 58.8 Å². The Morgan fingerprint density at radius 1 is 0.321 bits per heavy atom. The first kappa shape index (κ1) is 38.4. The van der Waals surface area contributed by atoms with E-state index < -0.39 is 79.6 Å². The minimum absolute atomic E-state index is 0.0922. The van der Waals surface area contributed by atoms with Crippen LogP contribution in [0.4, 0.5) is 0 Å². The SMILES string of the molecule is O=C(O)c1ccc(C(=O)OCC(COC(=O)c2ccc(C(=O)O)cc2)(COC(=O)c2ccc(C(=O)O)cc2)COC(=O)c2ccc(C(=O)O)cc2)cc1. The minimum Gasteiger partial charge on any atom is -0.478 e. The maximum Gasteiger partial charge on any atom is 0.338 e. The molecule has 16 heteroatoms. The van der Waals surface area contributed by atoms with Crippen LogP contribution < -0.4 is 0 Å². The third-order valence-corrected chi connectivity index (χ3v) is 7.51. The van der Waals surface area contributed by atoms with Crippen molar-refractivity contribution in [3.63, 3.8) is 0 Å². The van der Waals surface area contributed by atoms with Gasteiger partial charge in [0.2, 0.25) is 0 Å². The Morgan fingerprint density at radius 2 is 0.472 bits per heavy atom. The summed E-state index contributed by atoms with van der Waals surface area (Å²) in [6, 6.07) is 18.6. The zero-order valence-electron chi connectivity index (χ0n) is 27.3. The first-order valence-electron chi connectivity index (χ1n) is 15.2. The molecule has 0 saturated heterocycles. The molecule has 0 bridgehead atoms. The van der Waals surface area contributed by atoms with E-state index in [1.54, 1.807) is 0 Å². The highest BCUT2D eigenvalue weighted by molar-refractivity contribution is 5.95. The van der Waals surface area contributed by atoms with Crippen molar-refractivity contribution in [2.45, 2.75) is 0 Å². The predicted octanol–water partition coefficient (Wildman–Crippen LogP) is 4.19. The van der Waals surface area contributed by atoms with Gasteiger partial charge in [0.25, 0.3) is 0 Å². The molecule has 0 fully saturated rings. The van der Waals surface area contributed by atoms with Crippen LogP contribution >= 0.6 is 0 Å². The van der Waals surface area contributed by atoms with E-state index in [4.69, 9.17) is 18.9 Å². The van der Waals surface area contributed by atoms with E-state index in [2.05, 4.69) is 0 Å². The van der Waals surface area contributed by atoms with Crippen molar-refractivity contribution in [3.8, 4) is 0 Å². The number of ether oxygens (including phenoxy) is 4. The van der Waals surface area contributed by atoms with Gasteiger partial charge in [-0.3, -0.25) is 0 Å². The topological polar surface area (TPSA) is 254 Å². The van der Waals surface area contributed by atoms with E-state index in [0.717, 1.165) is 48.5 Å². The molecule has 0 spiro atoms. The number of hydrogen-bond donors (Lipinski definition) is 4. The van der Waals surface area contributed by atoms with Gasteiger partial charge in [0.05, 0.1) is 44.5 Å². The molecule has 0 unspecified atom stereocenters. The van der Waals surface area contributed by atoms with Crippen molar-refractivity contribution >= 4 is 47.8 Å². The van der Waals surface area contributed by atoms with E-state index >= 15 is 0 Å². The summed E-state index contributed by atoms with van der Waals surface area (Å²) in [5, 5.41) is 36.7. The Morgan fingerprint density at radius 3 is 0.623 bits per heavy atom. The average molecular weight is 729 g/mol. The summed E-state index contributed by atoms with van der Waals surface area (Å²) in [6.07, 6.45) is 0. The van der Waals surface area contributed by atoms with Crippen LogP contribution in [0.3, 0.4) is 0 Å². The molecular formula is C37H28O16. The van der Waals surface area contributed by atoms with Crippen molar-refractivity contribution in [2.24, 2.45) is 5.41 Å². The quantitative estimate of drug-likeness (QED) is 0.0931. The summed E-state index contributed by atoms with van der Waals surface area (Å²) in [4.78, 5) is 97.3. The zero-order chi connectivity index (χ0) is 38.7. The summed E-state index contributed by atoms with van der Waals surface area (Å²) in [5.74, 6) is -8.96. The zero-order valence-corrected chi connectivity index (χ0v) is 27.3. The van der Waals surface area contributed by atoms with Gasteiger partial charge in [-0.2, -0.15) is 0 Å². The van der Waals surface area contributed by atoms with Crippen LogP contribution in [-0.2, 0) is 18.9 Å². The molecule has 272 valence electrons. The van der Waals surface area contributed by atoms with Gasteiger partial charge in [-0.1, -0.05) is 0 Å². The maximum atomic E-state index is 13.1. The number of aromatic carboxylic acids is 4. The van der Waals surface area contributed by atoms with Crippen LogP contribution in [0.5, 0.6) is 0 Å². The van der Waals surface area contributed by atoms with Crippen molar-refractivity contribution < 1.29 is 77.7 Å². The van der Waals surface area contributed by atoms with Crippen LogP contribution in [0.15, 0.2) is 97.1 Å². The lowest BCUT2D eigenvalue weighted by atomic mass is 9.92. The first-order valence-corrected chi connectivity index (χ1v) is 15.2. The molecule has 16 nitrogen and oxygen atoms in total.